The first-order valence-corrected chi connectivity index (χ1v) is 8.34. The van der Waals surface area contributed by atoms with Crippen LogP contribution in [0.5, 0.6) is 11.5 Å². The van der Waals surface area contributed by atoms with Gasteiger partial charge in [0.25, 0.3) is 0 Å². The summed E-state index contributed by atoms with van der Waals surface area (Å²) in [6.45, 7) is 5.76. The molecule has 0 aliphatic heterocycles. The van der Waals surface area contributed by atoms with Crippen molar-refractivity contribution in [2.75, 3.05) is 13.2 Å². The van der Waals surface area contributed by atoms with Gasteiger partial charge in [0.15, 0.2) is 17.5 Å². The summed E-state index contributed by atoms with van der Waals surface area (Å²) >= 11 is 0. The van der Waals surface area contributed by atoms with Gasteiger partial charge in [-0.1, -0.05) is 24.3 Å². The van der Waals surface area contributed by atoms with Gasteiger partial charge < -0.3 is 20.5 Å². The number of phenolic OH excluding ortho intramolecular Hbond substituents is 1. The Morgan fingerprint density at radius 2 is 1.92 bits per heavy atom. The van der Waals surface area contributed by atoms with Gasteiger partial charge in [-0.25, -0.2) is 9.38 Å². The number of aliphatic imine (C=N–C) groups is 1. The van der Waals surface area contributed by atoms with Crippen LogP contribution in [0.2, 0.25) is 0 Å². The molecule has 0 amide bonds. The number of halogens is 2. The van der Waals surface area contributed by atoms with Gasteiger partial charge in [-0.2, -0.15) is 0 Å². The largest absolute Gasteiger partial charge is 0.504 e. The summed E-state index contributed by atoms with van der Waals surface area (Å²) in [7, 11) is 0. The molecule has 7 heteroatoms. The van der Waals surface area contributed by atoms with Crippen LogP contribution in [0.4, 0.5) is 4.39 Å². The predicted octanol–water partition coefficient (Wildman–Crippen LogP) is 3.80. The molecule has 0 unspecified atom stereocenters. The van der Waals surface area contributed by atoms with Crippen molar-refractivity contribution in [3.05, 3.63) is 59.4 Å². The molecular formula is C19H25FIN3O2. The standard InChI is InChI=1S/C19H24FN3O2.HI/c1-3-21-19(23-13-15-7-5-6-8-16(15)20)22-12-14-9-10-17(24)18(11-14)25-4-2;/h5-11,24H,3-4,12-13H2,1-2H3,(H2,21,22,23);1H. The molecule has 0 saturated carbocycles. The third kappa shape index (κ3) is 6.70. The maximum absolute atomic E-state index is 13.7. The number of ether oxygens (including phenoxy) is 1. The minimum atomic E-state index is -0.245. The van der Waals surface area contributed by atoms with Gasteiger partial charge in [-0.05, 0) is 37.6 Å². The van der Waals surface area contributed by atoms with Crippen LogP contribution in [0.25, 0.3) is 0 Å². The van der Waals surface area contributed by atoms with Crippen LogP contribution in [-0.4, -0.2) is 24.2 Å². The van der Waals surface area contributed by atoms with Crippen LogP contribution in [-0.2, 0) is 13.1 Å². The fourth-order valence-corrected chi connectivity index (χ4v) is 2.26. The Bertz CT molecular complexity index is 726. The minimum absolute atomic E-state index is 0. The maximum Gasteiger partial charge on any atom is 0.191 e. The summed E-state index contributed by atoms with van der Waals surface area (Å²) in [4.78, 5) is 4.49. The van der Waals surface area contributed by atoms with Gasteiger partial charge in [-0.15, -0.1) is 24.0 Å². The Hall–Kier alpha value is -2.03. The molecule has 0 aliphatic carbocycles. The third-order valence-corrected chi connectivity index (χ3v) is 3.49. The van der Waals surface area contributed by atoms with E-state index in [1.165, 1.54) is 6.07 Å². The maximum atomic E-state index is 13.7. The number of hydrogen-bond acceptors (Lipinski definition) is 3. The highest BCUT2D eigenvalue weighted by Gasteiger charge is 2.05. The number of nitrogens with one attached hydrogen (secondary N) is 2. The lowest BCUT2D eigenvalue weighted by Gasteiger charge is -2.12. The van der Waals surface area contributed by atoms with Crippen LogP contribution >= 0.6 is 24.0 Å². The number of phenols is 1. The average molecular weight is 473 g/mol. The Kier molecular flexibility index (Phi) is 9.79. The zero-order valence-electron chi connectivity index (χ0n) is 15.0. The Morgan fingerprint density at radius 1 is 1.15 bits per heavy atom. The molecule has 2 aromatic rings. The van der Waals surface area contributed by atoms with E-state index in [0.29, 0.717) is 43.5 Å². The molecule has 0 aliphatic rings. The molecule has 0 bridgehead atoms. The average Bonchev–Trinajstić information content (AvgIpc) is 2.61. The molecule has 0 atom stereocenters. The Labute approximate surface area is 170 Å². The second-order valence-corrected chi connectivity index (χ2v) is 5.38. The Balaban J connectivity index is 0.00000338. The van der Waals surface area contributed by atoms with Gasteiger partial charge in [0.1, 0.15) is 5.82 Å². The van der Waals surface area contributed by atoms with E-state index in [-0.39, 0.29) is 35.5 Å². The van der Waals surface area contributed by atoms with E-state index in [2.05, 4.69) is 15.6 Å². The molecular weight excluding hydrogens is 448 g/mol. The first-order valence-electron chi connectivity index (χ1n) is 8.34. The molecule has 2 rings (SSSR count). The summed E-state index contributed by atoms with van der Waals surface area (Å²) in [5.74, 6) is 0.904. The van der Waals surface area contributed by atoms with Crippen molar-refractivity contribution in [3.8, 4) is 11.5 Å². The van der Waals surface area contributed by atoms with Crippen molar-refractivity contribution in [3.63, 3.8) is 0 Å². The third-order valence-electron chi connectivity index (χ3n) is 3.49. The van der Waals surface area contributed by atoms with Gasteiger partial charge in [-0.3, -0.25) is 0 Å². The summed E-state index contributed by atoms with van der Waals surface area (Å²) < 4.78 is 19.1. The highest BCUT2D eigenvalue weighted by Crippen LogP contribution is 2.27. The number of rotatable bonds is 7. The van der Waals surface area contributed by atoms with Crippen molar-refractivity contribution >= 4 is 29.9 Å². The number of nitrogens with zero attached hydrogens (tertiary/aromatic N) is 1. The molecule has 142 valence electrons. The van der Waals surface area contributed by atoms with Gasteiger partial charge in [0.05, 0.1) is 13.2 Å². The lowest BCUT2D eigenvalue weighted by molar-refractivity contribution is 0.318. The molecule has 0 saturated heterocycles. The van der Waals surface area contributed by atoms with Crippen LogP contribution < -0.4 is 15.4 Å². The van der Waals surface area contributed by atoms with E-state index in [1.807, 2.05) is 13.8 Å². The summed E-state index contributed by atoms with van der Waals surface area (Å²) in [5, 5.41) is 16.0. The molecule has 0 radical (unpaired) electrons. The quantitative estimate of drug-likeness (QED) is 0.325. The molecule has 26 heavy (non-hydrogen) atoms. The van der Waals surface area contributed by atoms with Crippen molar-refractivity contribution in [2.45, 2.75) is 26.9 Å². The second kappa shape index (κ2) is 11.6. The van der Waals surface area contributed by atoms with Crippen LogP contribution in [0.1, 0.15) is 25.0 Å². The Morgan fingerprint density at radius 3 is 2.62 bits per heavy atom. The zero-order valence-corrected chi connectivity index (χ0v) is 17.3. The van der Waals surface area contributed by atoms with Crippen molar-refractivity contribution < 1.29 is 14.2 Å². The molecule has 0 aromatic heterocycles. The number of benzene rings is 2. The number of guanidine groups is 1. The van der Waals surface area contributed by atoms with Crippen molar-refractivity contribution in [2.24, 2.45) is 4.99 Å². The van der Waals surface area contributed by atoms with Crippen LogP contribution in [0.15, 0.2) is 47.5 Å². The van der Waals surface area contributed by atoms with E-state index >= 15 is 0 Å². The number of hydrogen-bond donors (Lipinski definition) is 3. The fourth-order valence-electron chi connectivity index (χ4n) is 2.26. The van der Waals surface area contributed by atoms with E-state index in [0.717, 1.165) is 5.56 Å². The van der Waals surface area contributed by atoms with Gasteiger partial charge in [0, 0.05) is 18.7 Å². The normalized spacial score (nSPS) is 10.8. The van der Waals surface area contributed by atoms with Gasteiger partial charge >= 0.3 is 0 Å². The zero-order chi connectivity index (χ0) is 18.1. The molecule has 3 N–H and O–H groups in total. The minimum Gasteiger partial charge on any atom is -0.504 e. The highest BCUT2D eigenvalue weighted by atomic mass is 127. The van der Waals surface area contributed by atoms with Crippen LogP contribution in [0.3, 0.4) is 0 Å². The molecule has 0 fully saturated rings. The predicted molar refractivity (Wildman–Crippen MR) is 113 cm³/mol. The van der Waals surface area contributed by atoms with E-state index < -0.39 is 0 Å². The first kappa shape index (κ1) is 22.0. The van der Waals surface area contributed by atoms with Crippen LogP contribution in [0, 0.1) is 5.82 Å². The fraction of sp³-hybridized carbons (Fsp3) is 0.316. The molecule has 2 aromatic carbocycles. The van der Waals surface area contributed by atoms with E-state index in [4.69, 9.17) is 4.74 Å². The molecule has 5 nitrogen and oxygen atoms in total. The van der Waals surface area contributed by atoms with E-state index in [9.17, 15) is 9.50 Å². The summed E-state index contributed by atoms with van der Waals surface area (Å²) in [6, 6.07) is 11.8. The first-order chi connectivity index (χ1) is 12.1. The van der Waals surface area contributed by atoms with Crippen molar-refractivity contribution in [1.82, 2.24) is 10.6 Å². The smallest absolute Gasteiger partial charge is 0.191 e. The SMILES string of the molecule is CCNC(=NCc1ccc(O)c(OCC)c1)NCc1ccccc1F.I. The lowest BCUT2D eigenvalue weighted by atomic mass is 10.2. The van der Waals surface area contributed by atoms with Crippen molar-refractivity contribution in [1.29, 1.82) is 0 Å². The summed E-state index contributed by atoms with van der Waals surface area (Å²) in [6.07, 6.45) is 0. The van der Waals surface area contributed by atoms with E-state index in [1.54, 1.807) is 36.4 Å². The van der Waals surface area contributed by atoms with Gasteiger partial charge in [0.2, 0.25) is 0 Å². The second-order valence-electron chi connectivity index (χ2n) is 5.38. The molecule has 0 heterocycles. The lowest BCUT2D eigenvalue weighted by Crippen LogP contribution is -2.37. The summed E-state index contributed by atoms with van der Waals surface area (Å²) in [5.41, 5.74) is 1.49. The topological polar surface area (TPSA) is 65.9 Å². The molecule has 0 spiro atoms. The monoisotopic (exact) mass is 473 g/mol. The number of aromatic hydroxyl groups is 1. The highest BCUT2D eigenvalue weighted by molar-refractivity contribution is 14.0.